The monoisotopic (exact) mass is 309 g/mol. The van der Waals surface area contributed by atoms with Gasteiger partial charge in [-0.15, -0.1) is 5.10 Å². The number of nitrogens with zero attached hydrogens (tertiary/aromatic N) is 3. The molecular formula is C17H19N5O. The molecule has 0 bridgehead atoms. The number of rotatable bonds is 4. The minimum atomic E-state index is 0.0347. The molecule has 4 rings (SSSR count). The van der Waals surface area contributed by atoms with Crippen molar-refractivity contribution < 1.29 is 4.79 Å². The van der Waals surface area contributed by atoms with Gasteiger partial charge in [0.25, 0.3) is 0 Å². The van der Waals surface area contributed by atoms with Gasteiger partial charge in [-0.2, -0.15) is 4.79 Å². The van der Waals surface area contributed by atoms with Crippen LogP contribution >= 0.6 is 0 Å². The molecule has 2 aromatic heterocycles. The lowest BCUT2D eigenvalue weighted by Crippen LogP contribution is -2.24. The number of hydrogen-bond donors (Lipinski definition) is 2. The van der Waals surface area contributed by atoms with E-state index < -0.39 is 0 Å². The minimum Gasteiger partial charge on any atom is -0.337 e. The zero-order chi connectivity index (χ0) is 16.0. The van der Waals surface area contributed by atoms with E-state index in [1.807, 2.05) is 6.07 Å². The molecule has 6 nitrogen and oxygen atoms in total. The third-order valence-corrected chi connectivity index (χ3v) is 4.33. The van der Waals surface area contributed by atoms with E-state index in [0.29, 0.717) is 11.5 Å². The number of carbonyl (C=O) groups is 1. The largest absolute Gasteiger partial charge is 0.337 e. The van der Waals surface area contributed by atoms with Gasteiger partial charge in [0.2, 0.25) is 5.91 Å². The Balaban J connectivity index is 1.63. The molecule has 0 atom stereocenters. The van der Waals surface area contributed by atoms with Gasteiger partial charge in [-0.25, -0.2) is 10.4 Å². The summed E-state index contributed by atoms with van der Waals surface area (Å²) in [5.74, 6) is 0.906. The second-order valence-electron chi connectivity index (χ2n) is 6.13. The summed E-state index contributed by atoms with van der Waals surface area (Å²) in [4.78, 5) is 21.2. The maximum atomic E-state index is 11.8. The summed E-state index contributed by atoms with van der Waals surface area (Å²) in [6, 6.07) is 6.09. The number of aryl methyl sites for hydroxylation is 2. The molecule has 6 heteroatoms. The molecule has 2 N–H and O–H groups in total. The Bertz CT molecular complexity index is 888. The normalized spacial score (nSPS) is 14.3. The van der Waals surface area contributed by atoms with Crippen LogP contribution < -0.4 is 5.43 Å². The Morgan fingerprint density at radius 1 is 1.43 bits per heavy atom. The van der Waals surface area contributed by atoms with Crippen LogP contribution in [0.1, 0.15) is 30.9 Å². The summed E-state index contributed by atoms with van der Waals surface area (Å²) in [5.41, 5.74) is 8.01. The van der Waals surface area contributed by atoms with Gasteiger partial charge in [-0.3, -0.25) is 4.79 Å². The number of nitrogens with one attached hydrogen (secondary N) is 2. The first kappa shape index (κ1) is 14.0. The molecule has 0 saturated heterocycles. The van der Waals surface area contributed by atoms with Crippen LogP contribution in [-0.2, 0) is 11.2 Å². The molecule has 0 aliphatic heterocycles. The van der Waals surface area contributed by atoms with E-state index in [0.717, 1.165) is 30.3 Å². The van der Waals surface area contributed by atoms with Crippen molar-refractivity contribution in [1.29, 1.82) is 0 Å². The molecule has 3 aromatic rings. The first-order valence-corrected chi connectivity index (χ1v) is 8.00. The molecule has 0 radical (unpaired) electrons. The molecule has 1 amide bonds. The third kappa shape index (κ3) is 2.60. The van der Waals surface area contributed by atoms with Crippen molar-refractivity contribution in [2.24, 2.45) is 5.92 Å². The average Bonchev–Trinajstić information content (AvgIpc) is 3.16. The highest BCUT2D eigenvalue weighted by Gasteiger charge is 2.29. The van der Waals surface area contributed by atoms with Crippen molar-refractivity contribution in [3.63, 3.8) is 0 Å². The lowest BCUT2D eigenvalue weighted by atomic mass is 10.1. The van der Waals surface area contributed by atoms with Crippen LogP contribution in [-0.4, -0.2) is 25.8 Å². The molecule has 23 heavy (non-hydrogen) atoms. The standard InChI is InChI=1S/C17H19N5O/c1-3-11-9-15-14(8-10(11)2)18-16(19-15)13-6-7-22(20-13)21-17(23)12-4-5-12/h6-9,12H,3-5H2,1-2H3,(H,18,19)(H,21,23). The van der Waals surface area contributed by atoms with Crippen molar-refractivity contribution >= 4 is 16.9 Å². The van der Waals surface area contributed by atoms with E-state index in [-0.39, 0.29) is 11.8 Å². The number of H-pyrrole nitrogens is 1. The van der Waals surface area contributed by atoms with E-state index in [9.17, 15) is 4.79 Å². The Morgan fingerprint density at radius 2 is 2.26 bits per heavy atom. The van der Waals surface area contributed by atoms with Crippen LogP contribution in [0.2, 0.25) is 0 Å². The maximum absolute atomic E-state index is 11.8. The highest BCUT2D eigenvalue weighted by Crippen LogP contribution is 2.29. The van der Waals surface area contributed by atoms with Crippen LogP contribution in [0.25, 0.3) is 22.6 Å². The minimum absolute atomic E-state index is 0.0347. The van der Waals surface area contributed by atoms with Gasteiger partial charge in [-0.05, 0) is 55.5 Å². The van der Waals surface area contributed by atoms with E-state index in [2.05, 4.69) is 46.5 Å². The summed E-state index contributed by atoms with van der Waals surface area (Å²) in [5, 5.41) is 4.38. The molecule has 1 aromatic carbocycles. The van der Waals surface area contributed by atoms with Crippen molar-refractivity contribution in [3.8, 4) is 11.5 Å². The number of amides is 1. The molecule has 0 unspecified atom stereocenters. The highest BCUT2D eigenvalue weighted by molar-refractivity contribution is 5.87. The Labute approximate surface area is 133 Å². The highest BCUT2D eigenvalue weighted by atomic mass is 16.2. The average molecular weight is 309 g/mol. The third-order valence-electron chi connectivity index (χ3n) is 4.33. The van der Waals surface area contributed by atoms with Gasteiger partial charge in [0.05, 0.1) is 11.0 Å². The number of aromatic amines is 1. The van der Waals surface area contributed by atoms with Crippen LogP contribution in [0.15, 0.2) is 24.4 Å². The summed E-state index contributed by atoms with van der Waals surface area (Å²) in [6.07, 6.45) is 4.68. The Morgan fingerprint density at radius 3 is 3.00 bits per heavy atom. The molecule has 118 valence electrons. The van der Waals surface area contributed by atoms with Crippen molar-refractivity contribution in [2.45, 2.75) is 33.1 Å². The van der Waals surface area contributed by atoms with Gasteiger partial charge >= 0.3 is 0 Å². The Hall–Kier alpha value is -2.63. The summed E-state index contributed by atoms with van der Waals surface area (Å²) >= 11 is 0. The number of carbonyl (C=O) groups excluding carboxylic acids is 1. The predicted octanol–water partition coefficient (Wildman–Crippen LogP) is 2.78. The van der Waals surface area contributed by atoms with Gasteiger partial charge in [0.1, 0.15) is 5.69 Å². The number of hydrogen-bond acceptors (Lipinski definition) is 3. The quantitative estimate of drug-likeness (QED) is 0.778. The smallest absolute Gasteiger partial charge is 0.243 e. The molecule has 1 aliphatic carbocycles. The fourth-order valence-electron chi connectivity index (χ4n) is 2.77. The summed E-state index contributed by atoms with van der Waals surface area (Å²) in [6.45, 7) is 4.26. The molecule has 0 spiro atoms. The molecule has 1 aliphatic rings. The molecule has 1 fully saturated rings. The van der Waals surface area contributed by atoms with Gasteiger partial charge < -0.3 is 4.98 Å². The number of benzene rings is 1. The number of aromatic nitrogens is 4. The molecule has 1 saturated carbocycles. The predicted molar refractivity (Wildman–Crippen MR) is 88.5 cm³/mol. The fraction of sp³-hybridized carbons (Fsp3) is 0.353. The number of fused-ring (bicyclic) bond motifs is 1. The first-order valence-electron chi connectivity index (χ1n) is 8.00. The molecular weight excluding hydrogens is 290 g/mol. The van der Waals surface area contributed by atoms with Crippen LogP contribution in [0, 0.1) is 12.8 Å². The lowest BCUT2D eigenvalue weighted by Gasteiger charge is -2.02. The second kappa shape index (κ2) is 5.22. The van der Waals surface area contributed by atoms with Crippen LogP contribution in [0.5, 0.6) is 0 Å². The fourth-order valence-corrected chi connectivity index (χ4v) is 2.77. The Kier molecular flexibility index (Phi) is 3.18. The first-order chi connectivity index (χ1) is 11.1. The SMILES string of the molecule is CCc1cc2nc(-c3ccn(NC(=O)C4CC4)n3)[nH]c2cc1C. The van der Waals surface area contributed by atoms with Crippen LogP contribution in [0.3, 0.4) is 0 Å². The van der Waals surface area contributed by atoms with E-state index in [4.69, 9.17) is 0 Å². The summed E-state index contributed by atoms with van der Waals surface area (Å²) in [7, 11) is 0. The van der Waals surface area contributed by atoms with E-state index in [1.165, 1.54) is 15.9 Å². The van der Waals surface area contributed by atoms with Crippen LogP contribution in [0.4, 0.5) is 0 Å². The van der Waals surface area contributed by atoms with Gasteiger partial charge in [-0.1, -0.05) is 6.92 Å². The topological polar surface area (TPSA) is 75.6 Å². The zero-order valence-electron chi connectivity index (χ0n) is 13.3. The van der Waals surface area contributed by atoms with Crippen molar-refractivity contribution in [2.75, 3.05) is 5.43 Å². The number of imidazole rings is 1. The van der Waals surface area contributed by atoms with Gasteiger partial charge in [0, 0.05) is 12.1 Å². The molecule has 2 heterocycles. The second-order valence-corrected chi connectivity index (χ2v) is 6.13. The van der Waals surface area contributed by atoms with Crippen molar-refractivity contribution in [1.82, 2.24) is 19.9 Å². The zero-order valence-corrected chi connectivity index (χ0v) is 13.3. The van der Waals surface area contributed by atoms with E-state index >= 15 is 0 Å². The lowest BCUT2D eigenvalue weighted by molar-refractivity contribution is -0.118. The van der Waals surface area contributed by atoms with Gasteiger partial charge in [0.15, 0.2) is 5.82 Å². The summed E-state index contributed by atoms with van der Waals surface area (Å²) < 4.78 is 0. The van der Waals surface area contributed by atoms with E-state index in [1.54, 1.807) is 6.20 Å². The maximum Gasteiger partial charge on any atom is 0.243 e. The van der Waals surface area contributed by atoms with Crippen molar-refractivity contribution in [3.05, 3.63) is 35.5 Å².